The summed E-state index contributed by atoms with van der Waals surface area (Å²) in [6.45, 7) is 1.05. The number of aromatic nitrogens is 1. The van der Waals surface area contributed by atoms with Crippen molar-refractivity contribution in [1.29, 1.82) is 0 Å². The van der Waals surface area contributed by atoms with E-state index in [1.54, 1.807) is 0 Å². The minimum atomic E-state index is 0.724. The topological polar surface area (TPSA) is 38.1 Å². The molecule has 4 rings (SSSR count). The van der Waals surface area contributed by atoms with Crippen LogP contribution in [0, 0.1) is 0 Å². The first-order valence-corrected chi connectivity index (χ1v) is 6.63. The molecule has 3 nitrogen and oxygen atoms in total. The Bertz CT molecular complexity index is 712. The summed E-state index contributed by atoms with van der Waals surface area (Å²) in [4.78, 5) is 4.60. The van der Waals surface area contributed by atoms with Gasteiger partial charge in [-0.3, -0.25) is 0 Å². The molecule has 0 saturated carbocycles. The number of rotatable bonds is 1. The molecule has 0 unspecified atom stereocenters. The Morgan fingerprint density at radius 1 is 1.05 bits per heavy atom. The van der Waals surface area contributed by atoms with Gasteiger partial charge in [0.1, 0.15) is 5.52 Å². The van der Waals surface area contributed by atoms with Crippen LogP contribution in [0.4, 0.5) is 5.69 Å². The van der Waals surface area contributed by atoms with Gasteiger partial charge in [0.05, 0.1) is 0 Å². The fourth-order valence-electron chi connectivity index (χ4n) is 2.70. The van der Waals surface area contributed by atoms with Crippen molar-refractivity contribution in [3.8, 4) is 11.5 Å². The van der Waals surface area contributed by atoms with E-state index in [4.69, 9.17) is 4.42 Å². The second-order valence-corrected chi connectivity index (χ2v) is 4.85. The van der Waals surface area contributed by atoms with Gasteiger partial charge in [-0.2, -0.15) is 0 Å². The molecule has 0 fully saturated rings. The predicted octanol–water partition coefficient (Wildman–Crippen LogP) is 3.85. The van der Waals surface area contributed by atoms with Crippen molar-refractivity contribution in [3.05, 3.63) is 48.0 Å². The van der Waals surface area contributed by atoms with E-state index in [1.165, 1.54) is 11.3 Å². The van der Waals surface area contributed by atoms with Crippen LogP contribution in [0.15, 0.2) is 46.9 Å². The zero-order chi connectivity index (χ0) is 12.7. The van der Waals surface area contributed by atoms with Gasteiger partial charge in [0, 0.05) is 17.8 Å². The van der Waals surface area contributed by atoms with Crippen LogP contribution in [-0.4, -0.2) is 11.5 Å². The quantitative estimate of drug-likeness (QED) is 0.712. The first kappa shape index (κ1) is 10.6. The normalized spacial score (nSPS) is 14.1. The highest BCUT2D eigenvalue weighted by Crippen LogP contribution is 2.33. The third kappa shape index (κ3) is 1.70. The average molecular weight is 250 g/mol. The first-order valence-electron chi connectivity index (χ1n) is 6.63. The van der Waals surface area contributed by atoms with Crippen molar-refractivity contribution in [3.63, 3.8) is 0 Å². The van der Waals surface area contributed by atoms with Gasteiger partial charge in [0.25, 0.3) is 0 Å². The number of nitrogens with zero attached hydrogens (tertiary/aromatic N) is 1. The Kier molecular flexibility index (Phi) is 2.30. The number of hydrogen-bond donors (Lipinski definition) is 1. The van der Waals surface area contributed by atoms with E-state index in [2.05, 4.69) is 28.5 Å². The highest BCUT2D eigenvalue weighted by atomic mass is 16.3. The Hall–Kier alpha value is -2.29. The van der Waals surface area contributed by atoms with Crippen LogP contribution in [0.25, 0.3) is 22.6 Å². The molecular weight excluding hydrogens is 236 g/mol. The minimum Gasteiger partial charge on any atom is -0.436 e. The molecule has 2 heterocycles. The van der Waals surface area contributed by atoms with E-state index in [-0.39, 0.29) is 0 Å². The van der Waals surface area contributed by atoms with E-state index in [0.717, 1.165) is 41.9 Å². The van der Waals surface area contributed by atoms with Crippen LogP contribution < -0.4 is 5.32 Å². The number of fused-ring (bicyclic) bond motifs is 2. The Morgan fingerprint density at radius 2 is 2.00 bits per heavy atom. The third-order valence-corrected chi connectivity index (χ3v) is 3.62. The lowest BCUT2D eigenvalue weighted by Crippen LogP contribution is -2.12. The molecule has 0 aliphatic carbocycles. The molecule has 0 radical (unpaired) electrons. The summed E-state index contributed by atoms with van der Waals surface area (Å²) in [5.74, 6) is 0.724. The molecule has 19 heavy (non-hydrogen) atoms. The largest absolute Gasteiger partial charge is 0.436 e. The summed E-state index contributed by atoms with van der Waals surface area (Å²) < 4.78 is 5.88. The third-order valence-electron chi connectivity index (χ3n) is 3.62. The summed E-state index contributed by atoms with van der Waals surface area (Å²) >= 11 is 0. The predicted molar refractivity (Wildman–Crippen MR) is 76.3 cm³/mol. The van der Waals surface area contributed by atoms with Crippen LogP contribution >= 0.6 is 0 Å². The van der Waals surface area contributed by atoms with Crippen molar-refractivity contribution >= 4 is 16.8 Å². The Morgan fingerprint density at radius 3 is 2.95 bits per heavy atom. The molecule has 2 aromatic carbocycles. The summed E-state index contributed by atoms with van der Waals surface area (Å²) in [5.41, 5.74) is 5.41. The molecule has 1 N–H and O–H groups in total. The molecule has 1 aliphatic rings. The molecule has 0 amide bonds. The second-order valence-electron chi connectivity index (χ2n) is 4.85. The van der Waals surface area contributed by atoms with E-state index in [9.17, 15) is 0 Å². The van der Waals surface area contributed by atoms with E-state index in [0.29, 0.717) is 0 Å². The lowest BCUT2D eigenvalue weighted by Gasteiger charge is -2.19. The summed E-state index contributed by atoms with van der Waals surface area (Å²) in [5, 5.41) is 3.44. The molecule has 1 aliphatic heterocycles. The van der Waals surface area contributed by atoms with Crippen molar-refractivity contribution in [2.45, 2.75) is 12.8 Å². The maximum Gasteiger partial charge on any atom is 0.227 e. The summed E-state index contributed by atoms with van der Waals surface area (Å²) in [6.07, 6.45) is 2.24. The van der Waals surface area contributed by atoms with Gasteiger partial charge in [-0.05, 0) is 42.7 Å². The van der Waals surface area contributed by atoms with Crippen molar-refractivity contribution in [2.24, 2.45) is 0 Å². The molecule has 0 saturated heterocycles. The van der Waals surface area contributed by atoms with Crippen molar-refractivity contribution in [2.75, 3.05) is 11.9 Å². The van der Waals surface area contributed by atoms with Crippen LogP contribution in [-0.2, 0) is 6.42 Å². The SMILES string of the molecule is c1cc2c(c(-c3nc4ccccc4o3)c1)CCCN2. The Balaban J connectivity index is 1.92. The number of anilines is 1. The zero-order valence-electron chi connectivity index (χ0n) is 10.5. The molecule has 0 spiro atoms. The minimum absolute atomic E-state index is 0.724. The first-order chi connectivity index (χ1) is 9.42. The number of hydrogen-bond acceptors (Lipinski definition) is 3. The van der Waals surface area contributed by atoms with Gasteiger partial charge >= 0.3 is 0 Å². The number of oxazole rings is 1. The fourth-order valence-corrected chi connectivity index (χ4v) is 2.70. The van der Waals surface area contributed by atoms with Gasteiger partial charge in [-0.25, -0.2) is 4.98 Å². The van der Waals surface area contributed by atoms with Gasteiger partial charge in [0.2, 0.25) is 5.89 Å². The van der Waals surface area contributed by atoms with Gasteiger partial charge < -0.3 is 9.73 Å². The number of nitrogens with one attached hydrogen (secondary N) is 1. The van der Waals surface area contributed by atoms with Crippen molar-refractivity contribution in [1.82, 2.24) is 4.98 Å². The lowest BCUT2D eigenvalue weighted by atomic mass is 9.97. The van der Waals surface area contributed by atoms with Gasteiger partial charge in [-0.1, -0.05) is 18.2 Å². The number of para-hydroxylation sites is 2. The molecular formula is C16H14N2O. The maximum absolute atomic E-state index is 5.88. The Labute approximate surface area is 111 Å². The molecule has 1 aromatic heterocycles. The second kappa shape index (κ2) is 4.12. The molecule has 3 aromatic rings. The smallest absolute Gasteiger partial charge is 0.227 e. The van der Waals surface area contributed by atoms with Gasteiger partial charge in [-0.15, -0.1) is 0 Å². The van der Waals surface area contributed by atoms with Crippen LogP contribution in [0.1, 0.15) is 12.0 Å². The van der Waals surface area contributed by atoms with E-state index < -0.39 is 0 Å². The zero-order valence-corrected chi connectivity index (χ0v) is 10.5. The molecule has 0 bridgehead atoms. The standard InChI is InChI=1S/C16H14N2O/c1-2-9-15-14(7-1)18-16(19-15)12-5-3-8-13-11(12)6-4-10-17-13/h1-3,5,7-9,17H,4,6,10H2. The van der Waals surface area contributed by atoms with Crippen LogP contribution in [0.5, 0.6) is 0 Å². The summed E-state index contributed by atoms with van der Waals surface area (Å²) in [7, 11) is 0. The molecule has 3 heteroatoms. The molecule has 0 atom stereocenters. The summed E-state index contributed by atoms with van der Waals surface area (Å²) in [6, 6.07) is 14.2. The van der Waals surface area contributed by atoms with Crippen LogP contribution in [0.2, 0.25) is 0 Å². The van der Waals surface area contributed by atoms with E-state index in [1.807, 2.05) is 24.3 Å². The highest BCUT2D eigenvalue weighted by molar-refractivity contribution is 5.78. The van der Waals surface area contributed by atoms with Crippen LogP contribution in [0.3, 0.4) is 0 Å². The van der Waals surface area contributed by atoms with Gasteiger partial charge in [0.15, 0.2) is 5.58 Å². The average Bonchev–Trinajstić information content (AvgIpc) is 2.90. The highest BCUT2D eigenvalue weighted by Gasteiger charge is 2.17. The monoisotopic (exact) mass is 250 g/mol. The lowest BCUT2D eigenvalue weighted by molar-refractivity contribution is 0.618. The maximum atomic E-state index is 5.88. The number of benzene rings is 2. The molecule has 94 valence electrons. The fraction of sp³-hybridized carbons (Fsp3) is 0.188. The van der Waals surface area contributed by atoms with E-state index >= 15 is 0 Å². The van der Waals surface area contributed by atoms with Crippen molar-refractivity contribution < 1.29 is 4.42 Å².